The lowest BCUT2D eigenvalue weighted by molar-refractivity contribution is 0.0949. The first-order valence-corrected chi connectivity index (χ1v) is 9.59. The Labute approximate surface area is 169 Å². The van der Waals surface area contributed by atoms with Gasteiger partial charge in [0.05, 0.1) is 36.2 Å². The van der Waals surface area contributed by atoms with Gasteiger partial charge in [0.25, 0.3) is 5.91 Å². The summed E-state index contributed by atoms with van der Waals surface area (Å²) in [6.45, 7) is 4.91. The number of nitrogens with one attached hydrogen (secondary N) is 1. The van der Waals surface area contributed by atoms with Crippen molar-refractivity contribution in [3.8, 4) is 17.0 Å². The molecule has 4 aromatic rings. The van der Waals surface area contributed by atoms with E-state index in [1.807, 2.05) is 68.4 Å². The first kappa shape index (κ1) is 18.7. The zero-order chi connectivity index (χ0) is 20.2. The fraction of sp³-hybridized carbons (Fsp3) is 0.167. The van der Waals surface area contributed by atoms with E-state index in [9.17, 15) is 4.79 Å². The molecule has 0 aliphatic carbocycles. The maximum absolute atomic E-state index is 13.0. The maximum atomic E-state index is 13.0. The number of aromatic nitrogens is 1. The Morgan fingerprint density at radius 3 is 2.66 bits per heavy atom. The summed E-state index contributed by atoms with van der Waals surface area (Å²) in [5, 5.41) is 3.77. The van der Waals surface area contributed by atoms with Crippen LogP contribution in [0.25, 0.3) is 22.2 Å². The second-order valence-electron chi connectivity index (χ2n) is 6.80. The molecule has 0 unspecified atom stereocenters. The average Bonchev–Trinajstić information content (AvgIpc) is 3.26. The van der Waals surface area contributed by atoms with Crippen molar-refractivity contribution >= 4 is 16.8 Å². The number of hydrogen-bond acceptors (Lipinski definition) is 4. The lowest BCUT2D eigenvalue weighted by atomic mass is 10.0. The first-order valence-electron chi connectivity index (χ1n) is 9.59. The second kappa shape index (κ2) is 8.19. The first-order chi connectivity index (χ1) is 14.1. The van der Waals surface area contributed by atoms with Gasteiger partial charge in [-0.3, -0.25) is 4.79 Å². The number of fused-ring (bicyclic) bond motifs is 1. The third-order valence-electron chi connectivity index (χ3n) is 4.67. The molecule has 5 nitrogen and oxygen atoms in total. The molecule has 4 rings (SSSR count). The number of amides is 1. The summed E-state index contributed by atoms with van der Waals surface area (Å²) in [4.78, 5) is 17.8. The number of pyridine rings is 1. The molecule has 1 N–H and O–H groups in total. The van der Waals surface area contributed by atoms with Crippen LogP contribution in [0.2, 0.25) is 0 Å². The van der Waals surface area contributed by atoms with E-state index < -0.39 is 0 Å². The van der Waals surface area contributed by atoms with Gasteiger partial charge in [0.1, 0.15) is 11.5 Å². The van der Waals surface area contributed by atoms with Crippen LogP contribution in [0.15, 0.2) is 71.3 Å². The third kappa shape index (κ3) is 4.14. The quantitative estimate of drug-likeness (QED) is 0.499. The van der Waals surface area contributed by atoms with Crippen molar-refractivity contribution in [2.45, 2.75) is 20.4 Å². The van der Waals surface area contributed by atoms with E-state index in [1.54, 1.807) is 12.3 Å². The van der Waals surface area contributed by atoms with Gasteiger partial charge in [-0.2, -0.15) is 0 Å². The number of rotatable bonds is 6. The Morgan fingerprint density at radius 1 is 1.10 bits per heavy atom. The Kier molecular flexibility index (Phi) is 5.29. The van der Waals surface area contributed by atoms with Crippen LogP contribution >= 0.6 is 0 Å². The molecule has 0 aliphatic heterocycles. The molecule has 2 aromatic carbocycles. The molecule has 0 spiro atoms. The van der Waals surface area contributed by atoms with Crippen molar-refractivity contribution < 1.29 is 13.9 Å². The molecule has 0 bridgehead atoms. The van der Waals surface area contributed by atoms with Crippen LogP contribution in [-0.4, -0.2) is 17.5 Å². The molecule has 0 aliphatic rings. The van der Waals surface area contributed by atoms with E-state index in [0.717, 1.165) is 33.5 Å². The monoisotopic (exact) mass is 386 g/mol. The summed E-state index contributed by atoms with van der Waals surface area (Å²) >= 11 is 0. The molecule has 29 heavy (non-hydrogen) atoms. The summed E-state index contributed by atoms with van der Waals surface area (Å²) in [6, 6.07) is 19.2. The van der Waals surface area contributed by atoms with Crippen LogP contribution in [0.4, 0.5) is 0 Å². The fourth-order valence-electron chi connectivity index (χ4n) is 3.24. The second-order valence-corrected chi connectivity index (χ2v) is 6.80. The highest BCUT2D eigenvalue weighted by atomic mass is 16.5. The summed E-state index contributed by atoms with van der Waals surface area (Å²) < 4.78 is 10.8. The van der Waals surface area contributed by atoms with Crippen LogP contribution in [0.3, 0.4) is 0 Å². The lowest BCUT2D eigenvalue weighted by Gasteiger charge is -2.11. The predicted octanol–water partition coefficient (Wildman–Crippen LogP) is 5.13. The molecular weight excluding hydrogens is 364 g/mol. The van der Waals surface area contributed by atoms with Crippen molar-refractivity contribution in [2.24, 2.45) is 0 Å². The number of aryl methyl sites for hydroxylation is 1. The molecule has 2 aromatic heterocycles. The molecule has 146 valence electrons. The van der Waals surface area contributed by atoms with E-state index in [-0.39, 0.29) is 5.91 Å². The number of carbonyl (C=O) groups is 1. The highest BCUT2D eigenvalue weighted by Gasteiger charge is 2.15. The van der Waals surface area contributed by atoms with Crippen LogP contribution in [-0.2, 0) is 6.54 Å². The third-order valence-corrected chi connectivity index (χ3v) is 4.67. The van der Waals surface area contributed by atoms with Crippen molar-refractivity contribution in [3.63, 3.8) is 0 Å². The molecule has 2 heterocycles. The van der Waals surface area contributed by atoms with Gasteiger partial charge in [0.15, 0.2) is 0 Å². The standard InChI is InChI=1S/C24H22N2O3/c1-3-28-18-9-7-17(8-10-18)23-14-21(20-13-16(2)6-11-22(20)26-23)24(27)25-15-19-5-4-12-29-19/h4-14H,3,15H2,1-2H3,(H,25,27). The van der Waals surface area contributed by atoms with Crippen molar-refractivity contribution in [1.82, 2.24) is 10.3 Å². The Bertz CT molecular complexity index is 1130. The minimum atomic E-state index is -0.161. The van der Waals surface area contributed by atoms with Gasteiger partial charge in [-0.15, -0.1) is 0 Å². The Balaban J connectivity index is 1.72. The van der Waals surface area contributed by atoms with Crippen molar-refractivity contribution in [2.75, 3.05) is 6.61 Å². The van der Waals surface area contributed by atoms with Gasteiger partial charge in [-0.05, 0) is 68.4 Å². The molecule has 0 atom stereocenters. The van der Waals surface area contributed by atoms with E-state index >= 15 is 0 Å². The molecule has 1 amide bonds. The number of hydrogen-bond donors (Lipinski definition) is 1. The zero-order valence-corrected chi connectivity index (χ0v) is 16.4. The largest absolute Gasteiger partial charge is 0.494 e. The fourth-order valence-corrected chi connectivity index (χ4v) is 3.24. The molecule has 0 saturated heterocycles. The molecule has 0 fully saturated rings. The van der Waals surface area contributed by atoms with Crippen LogP contribution in [0.5, 0.6) is 5.75 Å². The van der Waals surface area contributed by atoms with Gasteiger partial charge in [-0.1, -0.05) is 11.6 Å². The Hall–Kier alpha value is -3.60. The van der Waals surface area contributed by atoms with Crippen LogP contribution in [0.1, 0.15) is 28.6 Å². The topological polar surface area (TPSA) is 64.4 Å². The molecule has 0 saturated carbocycles. The lowest BCUT2D eigenvalue weighted by Crippen LogP contribution is -2.23. The normalized spacial score (nSPS) is 10.8. The maximum Gasteiger partial charge on any atom is 0.252 e. The predicted molar refractivity (Wildman–Crippen MR) is 113 cm³/mol. The van der Waals surface area contributed by atoms with E-state index in [1.165, 1.54) is 0 Å². The van der Waals surface area contributed by atoms with Crippen molar-refractivity contribution in [1.29, 1.82) is 0 Å². The number of furan rings is 1. The minimum absolute atomic E-state index is 0.161. The summed E-state index contributed by atoms with van der Waals surface area (Å²) in [6.07, 6.45) is 1.59. The summed E-state index contributed by atoms with van der Waals surface area (Å²) in [7, 11) is 0. The Morgan fingerprint density at radius 2 is 1.93 bits per heavy atom. The number of carbonyl (C=O) groups excluding carboxylic acids is 1. The van der Waals surface area contributed by atoms with Gasteiger partial charge in [0.2, 0.25) is 0 Å². The highest BCUT2D eigenvalue weighted by molar-refractivity contribution is 6.07. The van der Waals surface area contributed by atoms with E-state index in [0.29, 0.717) is 24.5 Å². The molecule has 0 radical (unpaired) electrons. The minimum Gasteiger partial charge on any atom is -0.494 e. The summed E-state index contributed by atoms with van der Waals surface area (Å²) in [5.74, 6) is 1.36. The van der Waals surface area contributed by atoms with Crippen LogP contribution < -0.4 is 10.1 Å². The van der Waals surface area contributed by atoms with Gasteiger partial charge < -0.3 is 14.5 Å². The van der Waals surface area contributed by atoms with E-state index in [4.69, 9.17) is 14.1 Å². The smallest absolute Gasteiger partial charge is 0.252 e. The van der Waals surface area contributed by atoms with Gasteiger partial charge in [-0.25, -0.2) is 4.98 Å². The average molecular weight is 386 g/mol. The van der Waals surface area contributed by atoms with Crippen molar-refractivity contribution in [3.05, 3.63) is 83.8 Å². The molecule has 5 heteroatoms. The number of nitrogens with zero attached hydrogens (tertiary/aromatic N) is 1. The highest BCUT2D eigenvalue weighted by Crippen LogP contribution is 2.27. The summed E-state index contributed by atoms with van der Waals surface area (Å²) in [5.41, 5.74) is 4.12. The number of ether oxygens (including phenoxy) is 1. The zero-order valence-electron chi connectivity index (χ0n) is 16.4. The van der Waals surface area contributed by atoms with Gasteiger partial charge >= 0.3 is 0 Å². The number of benzene rings is 2. The SMILES string of the molecule is CCOc1ccc(-c2cc(C(=O)NCc3ccco3)c3cc(C)ccc3n2)cc1. The molecular formula is C24H22N2O3. The van der Waals surface area contributed by atoms with E-state index in [2.05, 4.69) is 5.32 Å². The van der Waals surface area contributed by atoms with Gasteiger partial charge in [0, 0.05) is 10.9 Å². The van der Waals surface area contributed by atoms with Crippen LogP contribution in [0, 0.1) is 6.92 Å².